The van der Waals surface area contributed by atoms with Gasteiger partial charge in [-0.2, -0.15) is 13.2 Å². The molecule has 14 heavy (non-hydrogen) atoms. The third kappa shape index (κ3) is 2.21. The Hall–Kier alpha value is -0.700. The second kappa shape index (κ2) is 3.81. The van der Waals surface area contributed by atoms with Gasteiger partial charge in [0.15, 0.2) is 0 Å². The Morgan fingerprint density at radius 1 is 1.21 bits per heavy atom. The first kappa shape index (κ1) is 11.4. The molecule has 0 amide bonds. The fraction of sp³-hybridized carbons (Fsp3) is 0.400. The average molecular weight is 223 g/mol. The number of halogens is 4. The Morgan fingerprint density at radius 2 is 1.79 bits per heavy atom. The topological polar surface area (TPSA) is 0 Å². The van der Waals surface area contributed by atoms with Crippen LogP contribution in [0.5, 0.6) is 0 Å². The van der Waals surface area contributed by atoms with Crippen molar-refractivity contribution < 1.29 is 13.2 Å². The first-order valence-corrected chi connectivity index (χ1v) is 4.57. The lowest BCUT2D eigenvalue weighted by atomic mass is 10.0. The van der Waals surface area contributed by atoms with Gasteiger partial charge in [-0.3, -0.25) is 0 Å². The summed E-state index contributed by atoms with van der Waals surface area (Å²) in [4.78, 5) is 0. The highest BCUT2D eigenvalue weighted by molar-refractivity contribution is 6.32. The van der Waals surface area contributed by atoms with Crippen molar-refractivity contribution in [3.05, 3.63) is 34.3 Å². The molecule has 0 aliphatic carbocycles. The minimum atomic E-state index is -4.37. The van der Waals surface area contributed by atoms with Gasteiger partial charge in [-0.05, 0) is 17.5 Å². The molecule has 0 unspecified atom stereocenters. The van der Waals surface area contributed by atoms with Crippen molar-refractivity contribution >= 4 is 11.6 Å². The normalized spacial score (nSPS) is 12.2. The smallest absolute Gasteiger partial charge is 0.166 e. The summed E-state index contributed by atoms with van der Waals surface area (Å²) in [7, 11) is 0. The van der Waals surface area contributed by atoms with Gasteiger partial charge in [0.25, 0.3) is 0 Å². The molecule has 1 aromatic rings. The lowest BCUT2D eigenvalue weighted by molar-refractivity contribution is -0.137. The summed E-state index contributed by atoms with van der Waals surface area (Å²) >= 11 is 5.67. The van der Waals surface area contributed by atoms with E-state index in [1.165, 1.54) is 6.07 Å². The average Bonchev–Trinajstić information content (AvgIpc) is 2.01. The van der Waals surface area contributed by atoms with E-state index in [0.717, 1.165) is 6.07 Å². The monoisotopic (exact) mass is 222 g/mol. The van der Waals surface area contributed by atoms with Crippen LogP contribution in [0.25, 0.3) is 0 Å². The van der Waals surface area contributed by atoms with Gasteiger partial charge in [-0.25, -0.2) is 0 Å². The molecule has 0 fully saturated rings. The van der Waals surface area contributed by atoms with Crippen molar-refractivity contribution in [3.8, 4) is 0 Å². The summed E-state index contributed by atoms with van der Waals surface area (Å²) in [6.07, 6.45) is -4.37. The number of benzene rings is 1. The zero-order valence-corrected chi connectivity index (χ0v) is 8.58. The molecule has 0 saturated heterocycles. The van der Waals surface area contributed by atoms with Gasteiger partial charge in [0.05, 0.1) is 10.6 Å². The van der Waals surface area contributed by atoms with E-state index in [2.05, 4.69) is 0 Å². The van der Waals surface area contributed by atoms with Gasteiger partial charge in [0.1, 0.15) is 0 Å². The van der Waals surface area contributed by atoms with Crippen molar-refractivity contribution in [2.45, 2.75) is 25.9 Å². The van der Waals surface area contributed by atoms with Gasteiger partial charge in [0, 0.05) is 0 Å². The molecule has 0 nitrogen and oxygen atoms in total. The summed E-state index contributed by atoms with van der Waals surface area (Å²) in [5, 5.41) is -0.185. The highest BCUT2D eigenvalue weighted by Gasteiger charge is 2.33. The minimum absolute atomic E-state index is 0.00944. The summed E-state index contributed by atoms with van der Waals surface area (Å²) in [6, 6.07) is 3.99. The van der Waals surface area contributed by atoms with Crippen molar-refractivity contribution in [2.75, 3.05) is 0 Å². The standard InChI is InChI=1S/C10H10ClF3/c1-6(2)7-4-3-5-8(9(7)11)10(12,13)14/h3-6H,1-2H3. The second-order valence-electron chi connectivity index (χ2n) is 3.36. The zero-order valence-electron chi connectivity index (χ0n) is 7.82. The molecule has 0 N–H and O–H groups in total. The fourth-order valence-corrected chi connectivity index (χ4v) is 1.67. The Kier molecular flexibility index (Phi) is 3.10. The Morgan fingerprint density at radius 3 is 2.21 bits per heavy atom. The van der Waals surface area contributed by atoms with Crippen LogP contribution < -0.4 is 0 Å². The third-order valence-electron chi connectivity index (χ3n) is 1.96. The maximum Gasteiger partial charge on any atom is 0.417 e. The lowest BCUT2D eigenvalue weighted by Gasteiger charge is -2.14. The molecule has 0 radical (unpaired) electrons. The molecule has 0 aliphatic rings. The van der Waals surface area contributed by atoms with Crippen molar-refractivity contribution in [2.24, 2.45) is 0 Å². The fourth-order valence-electron chi connectivity index (χ4n) is 1.21. The number of alkyl halides is 3. The summed E-state index contributed by atoms with van der Waals surface area (Å²) in [5.74, 6) is -0.00944. The SMILES string of the molecule is CC(C)c1cccc(C(F)(F)F)c1Cl. The first-order valence-electron chi connectivity index (χ1n) is 4.19. The predicted molar refractivity (Wildman–Crippen MR) is 50.5 cm³/mol. The molecule has 0 atom stereocenters. The van der Waals surface area contributed by atoms with Crippen molar-refractivity contribution in [1.29, 1.82) is 0 Å². The number of hydrogen-bond donors (Lipinski definition) is 0. The second-order valence-corrected chi connectivity index (χ2v) is 3.74. The molecule has 78 valence electrons. The van der Waals surface area contributed by atoms with Crippen molar-refractivity contribution in [1.82, 2.24) is 0 Å². The highest BCUT2D eigenvalue weighted by Crippen LogP contribution is 2.38. The summed E-state index contributed by atoms with van der Waals surface area (Å²) < 4.78 is 37.2. The van der Waals surface area contributed by atoms with Crippen LogP contribution in [0.1, 0.15) is 30.9 Å². The van der Waals surface area contributed by atoms with Crippen LogP contribution in [0.15, 0.2) is 18.2 Å². The zero-order chi connectivity index (χ0) is 10.9. The van der Waals surface area contributed by atoms with Crippen LogP contribution in [0, 0.1) is 0 Å². The number of rotatable bonds is 1. The molecule has 0 heterocycles. The molecular formula is C10H10ClF3. The van der Waals surface area contributed by atoms with Crippen LogP contribution >= 0.6 is 11.6 Å². The van der Waals surface area contributed by atoms with E-state index in [9.17, 15) is 13.2 Å². The van der Waals surface area contributed by atoms with Gasteiger partial charge in [-0.1, -0.05) is 37.6 Å². The molecule has 0 spiro atoms. The van der Waals surface area contributed by atoms with E-state index in [4.69, 9.17) is 11.6 Å². The van der Waals surface area contributed by atoms with E-state index in [-0.39, 0.29) is 10.9 Å². The van der Waals surface area contributed by atoms with Crippen LogP contribution in [-0.4, -0.2) is 0 Å². The van der Waals surface area contributed by atoms with Crippen LogP contribution in [0.3, 0.4) is 0 Å². The van der Waals surface area contributed by atoms with E-state index in [0.29, 0.717) is 5.56 Å². The van der Waals surface area contributed by atoms with Gasteiger partial charge < -0.3 is 0 Å². The summed E-state index contributed by atoms with van der Waals surface area (Å²) in [6.45, 7) is 3.61. The van der Waals surface area contributed by atoms with E-state index in [1.807, 2.05) is 0 Å². The highest BCUT2D eigenvalue weighted by atomic mass is 35.5. The molecular weight excluding hydrogens is 213 g/mol. The van der Waals surface area contributed by atoms with Gasteiger partial charge in [0.2, 0.25) is 0 Å². The molecule has 0 aromatic heterocycles. The van der Waals surface area contributed by atoms with Crippen LogP contribution in [-0.2, 0) is 6.18 Å². The largest absolute Gasteiger partial charge is 0.417 e. The third-order valence-corrected chi connectivity index (χ3v) is 2.38. The molecule has 0 saturated carbocycles. The van der Waals surface area contributed by atoms with Gasteiger partial charge >= 0.3 is 6.18 Å². The first-order chi connectivity index (χ1) is 6.34. The summed E-state index contributed by atoms with van der Waals surface area (Å²) in [5.41, 5.74) is -0.230. The Bertz CT molecular complexity index is 329. The Labute approximate surface area is 85.7 Å². The van der Waals surface area contributed by atoms with Gasteiger partial charge in [-0.15, -0.1) is 0 Å². The molecule has 0 aliphatic heterocycles. The predicted octanol–water partition coefficient (Wildman–Crippen LogP) is 4.48. The maximum absolute atomic E-state index is 12.4. The van der Waals surface area contributed by atoms with Crippen molar-refractivity contribution in [3.63, 3.8) is 0 Å². The molecule has 1 rings (SSSR count). The quantitative estimate of drug-likeness (QED) is 0.657. The van der Waals surface area contributed by atoms with E-state index >= 15 is 0 Å². The minimum Gasteiger partial charge on any atom is -0.166 e. The van der Waals surface area contributed by atoms with Crippen LogP contribution in [0.4, 0.5) is 13.2 Å². The maximum atomic E-state index is 12.4. The van der Waals surface area contributed by atoms with Crippen LogP contribution in [0.2, 0.25) is 5.02 Å². The van der Waals surface area contributed by atoms with E-state index < -0.39 is 11.7 Å². The molecule has 4 heteroatoms. The lowest BCUT2D eigenvalue weighted by Crippen LogP contribution is -2.07. The molecule has 1 aromatic carbocycles. The molecule has 0 bridgehead atoms. The van der Waals surface area contributed by atoms with E-state index in [1.54, 1.807) is 19.9 Å². The Balaban J connectivity index is 3.28. The number of hydrogen-bond acceptors (Lipinski definition) is 0.